The maximum Gasteiger partial charge on any atom is 1.00 e. The van der Waals surface area contributed by atoms with E-state index in [4.69, 9.17) is 0 Å². The minimum atomic E-state index is -4.92. The molecule has 0 aliphatic carbocycles. The number of nitrogens with zero attached hydrogens (tertiary/aromatic N) is 7. The molecule has 2 aromatic heterocycles. The van der Waals surface area contributed by atoms with Crippen molar-refractivity contribution in [1.82, 2.24) is 9.97 Å². The molecule has 7 aromatic rings. The first-order chi connectivity index (χ1) is 28.9. The number of aromatic nitrogens is 2. The molecule has 0 unspecified atom stereocenters. The molecule has 0 aliphatic heterocycles. The quantitative estimate of drug-likeness (QED) is 0.0499. The van der Waals surface area contributed by atoms with Gasteiger partial charge in [0.2, 0.25) is 5.13 Å². The summed E-state index contributed by atoms with van der Waals surface area (Å²) in [6.45, 7) is 3.45. The molecule has 0 bridgehead atoms. The number of nitriles is 1. The van der Waals surface area contributed by atoms with Crippen LogP contribution in [0.15, 0.2) is 132 Å². The Kier molecular flexibility index (Phi) is 21.1. The third-order valence-corrected chi connectivity index (χ3v) is 12.1. The van der Waals surface area contributed by atoms with Crippen molar-refractivity contribution in [2.24, 2.45) is 20.5 Å². The number of pyridine rings is 1. The summed E-state index contributed by atoms with van der Waals surface area (Å²) >= 11 is 0.953. The predicted molar refractivity (Wildman–Crippen MR) is 219 cm³/mol. The Morgan fingerprint density at radius 3 is 1.77 bits per heavy atom. The van der Waals surface area contributed by atoms with Gasteiger partial charge in [-0.15, -0.1) is 20.5 Å². The normalized spacial score (nSPS) is 11.3. The minimum Gasteiger partial charge on any atom is -0.746 e. The summed E-state index contributed by atoms with van der Waals surface area (Å²) in [5.74, 6) is -0.0294. The Labute approximate surface area is 443 Å². The van der Waals surface area contributed by atoms with Gasteiger partial charge < -0.3 is 42.5 Å². The largest absolute Gasteiger partial charge is 1.00 e. The van der Waals surface area contributed by atoms with Crippen molar-refractivity contribution in [2.45, 2.75) is 28.5 Å². The summed E-state index contributed by atoms with van der Waals surface area (Å²) in [5, 5.41) is 34.3. The summed E-state index contributed by atoms with van der Waals surface area (Å²) in [5.41, 5.74) is 2.74. The van der Waals surface area contributed by atoms with E-state index in [2.05, 4.69) is 59.3 Å². The molecule has 27 heteroatoms. The summed E-state index contributed by atoms with van der Waals surface area (Å²) in [7, 11) is -14.4. The molecule has 66 heavy (non-hydrogen) atoms. The Morgan fingerprint density at radius 1 is 0.682 bits per heavy atom. The van der Waals surface area contributed by atoms with Crippen LogP contribution in [0.5, 0.6) is 0 Å². The Morgan fingerprint density at radius 2 is 1.24 bits per heavy atom. The van der Waals surface area contributed by atoms with Crippen molar-refractivity contribution < 1.29 is 133 Å². The zero-order valence-corrected chi connectivity index (χ0v) is 39.4. The van der Waals surface area contributed by atoms with E-state index in [-0.39, 0.29) is 155 Å². The van der Waals surface area contributed by atoms with Gasteiger partial charge in [-0.05, 0) is 73.3 Å². The van der Waals surface area contributed by atoms with E-state index < -0.39 is 45.0 Å². The standard InChI is InChI=1S/C39H27N9O9S4.5Li/c1-22-7-9-24(10-8-22)35-38(47-45-28-19-25-5-3-4-6-31(25)33(20-28)61(55,56)57)58-39(43-35)48-46-34-23(2)32(21-40)36(41-26-11-15-29(16-12-26)59(49,50)51)44-37(34)42-27-13-17-30(18-14-27)60(52,53)54;;;;;/h3,6-20H,1-2H3,(H2,41,42,44)(H,49,50,51)(H,52,53,54)(H,55,56,57);;;;;/q-2;5*+1/p-3. The van der Waals surface area contributed by atoms with E-state index in [0.29, 0.717) is 16.6 Å². The first-order valence-corrected chi connectivity index (χ1v) is 22.2. The number of rotatable bonds is 12. The molecule has 2 N–H and O–H groups in total. The van der Waals surface area contributed by atoms with Gasteiger partial charge in [0.1, 0.15) is 47.8 Å². The fraction of sp³-hybridized carbons (Fsp3) is 0.0513. The second-order valence-electron chi connectivity index (χ2n) is 12.9. The molecular formula is C39H24Li5N9O9S4. The van der Waals surface area contributed by atoms with Gasteiger partial charge in [0.15, 0.2) is 16.6 Å². The predicted octanol–water partition coefficient (Wildman–Crippen LogP) is -6.50. The molecule has 0 fully saturated rings. The number of fused-ring (bicyclic) bond motifs is 1. The van der Waals surface area contributed by atoms with Crippen molar-refractivity contribution in [2.75, 3.05) is 10.6 Å². The van der Waals surface area contributed by atoms with Crippen molar-refractivity contribution in [3.05, 3.63) is 126 Å². The van der Waals surface area contributed by atoms with E-state index in [0.717, 1.165) is 47.2 Å². The second-order valence-corrected chi connectivity index (χ2v) is 17.9. The molecule has 0 aliphatic rings. The van der Waals surface area contributed by atoms with E-state index in [1.165, 1.54) is 42.5 Å². The first-order valence-electron chi connectivity index (χ1n) is 17.2. The molecule has 0 atom stereocenters. The molecule has 0 saturated carbocycles. The van der Waals surface area contributed by atoms with Crippen LogP contribution >= 0.6 is 11.3 Å². The topological polar surface area (TPSA) is 295 Å². The van der Waals surface area contributed by atoms with Gasteiger partial charge in [0.25, 0.3) is 0 Å². The average Bonchev–Trinajstić information content (AvgIpc) is 3.62. The van der Waals surface area contributed by atoms with Gasteiger partial charge in [-0.2, -0.15) is 5.26 Å². The molecule has 5 aromatic carbocycles. The molecule has 0 amide bonds. The average molecular weight is 926 g/mol. The van der Waals surface area contributed by atoms with Gasteiger partial charge in [-0.25, -0.2) is 46.0 Å². The zero-order valence-electron chi connectivity index (χ0n) is 36.2. The number of aryl methyl sites for hydroxylation is 1. The van der Waals surface area contributed by atoms with Crippen LogP contribution in [0.2, 0.25) is 0 Å². The Bertz CT molecular complexity index is 3320. The minimum absolute atomic E-state index is 0. The van der Waals surface area contributed by atoms with Gasteiger partial charge in [-0.3, -0.25) is 6.07 Å². The Balaban J connectivity index is 0.00000299. The smallest absolute Gasteiger partial charge is 0.746 e. The van der Waals surface area contributed by atoms with E-state index in [1.807, 2.05) is 19.1 Å². The third kappa shape index (κ3) is 13.9. The zero-order chi connectivity index (χ0) is 43.7. The molecule has 2 heterocycles. The van der Waals surface area contributed by atoms with Crippen LogP contribution in [0.25, 0.3) is 22.0 Å². The van der Waals surface area contributed by atoms with Crippen LogP contribution in [0.3, 0.4) is 0 Å². The van der Waals surface area contributed by atoms with Gasteiger partial charge in [-0.1, -0.05) is 47.2 Å². The molecule has 308 valence electrons. The van der Waals surface area contributed by atoms with Crippen LogP contribution in [-0.4, -0.2) is 48.9 Å². The van der Waals surface area contributed by atoms with Gasteiger partial charge in [0, 0.05) is 22.5 Å². The second kappa shape index (κ2) is 23.9. The fourth-order valence-electron chi connectivity index (χ4n) is 5.71. The van der Waals surface area contributed by atoms with Crippen LogP contribution in [0.1, 0.15) is 16.7 Å². The summed E-state index contributed by atoms with van der Waals surface area (Å²) in [6.07, 6.45) is 0. The van der Waals surface area contributed by atoms with Crippen molar-refractivity contribution in [3.63, 3.8) is 0 Å². The van der Waals surface area contributed by atoms with Gasteiger partial charge >= 0.3 is 94.3 Å². The third-order valence-electron chi connectivity index (χ3n) is 8.69. The monoisotopic (exact) mass is 925 g/mol. The van der Waals surface area contributed by atoms with Crippen LogP contribution in [0.4, 0.5) is 44.5 Å². The molecule has 18 nitrogen and oxygen atoms in total. The first kappa shape index (κ1) is 58.3. The summed E-state index contributed by atoms with van der Waals surface area (Å²) in [4.78, 5) is 7.72. The number of thiazole rings is 1. The number of benzene rings is 5. The number of nitrogens with one attached hydrogen (secondary N) is 2. The van der Waals surface area contributed by atoms with E-state index in [1.54, 1.807) is 19.1 Å². The number of anilines is 4. The molecule has 0 spiro atoms. The van der Waals surface area contributed by atoms with E-state index in [9.17, 15) is 44.2 Å². The van der Waals surface area contributed by atoms with Gasteiger partial charge in [0.05, 0.1) is 21.0 Å². The summed E-state index contributed by atoms with van der Waals surface area (Å²) in [6, 6.07) is 29.9. The SMILES string of the molecule is Cc1ccc(-c2nc(N=Nc3c(Nc4ccc(S(=O)(=O)[O-])cc4)nc(Nc4ccc(S(=O)(=O)[O-])cc4)c(C#N)c3C)sc2N=Nc2cc(S(=O)(=O)[O-])c3c[c-]c[c-]c3c2)cc1.[Li+].[Li+].[Li+].[Li+].[Li+]. The molecule has 7 rings (SSSR count). The van der Waals surface area contributed by atoms with Crippen LogP contribution < -0.4 is 105 Å². The van der Waals surface area contributed by atoms with Crippen molar-refractivity contribution >= 4 is 97.0 Å². The van der Waals surface area contributed by atoms with E-state index >= 15 is 0 Å². The molecule has 0 saturated heterocycles. The van der Waals surface area contributed by atoms with Crippen LogP contribution in [0, 0.1) is 37.3 Å². The van der Waals surface area contributed by atoms with Crippen molar-refractivity contribution in [3.8, 4) is 17.3 Å². The summed E-state index contributed by atoms with van der Waals surface area (Å²) < 4.78 is 106. The maximum absolute atomic E-state index is 12.1. The van der Waals surface area contributed by atoms with Crippen molar-refractivity contribution in [1.29, 1.82) is 5.26 Å². The number of hydrogen-bond donors (Lipinski definition) is 2. The number of azo groups is 2. The fourth-order valence-corrected chi connectivity index (χ4v) is 8.09. The van der Waals surface area contributed by atoms with Crippen LogP contribution in [-0.2, 0) is 30.4 Å². The maximum atomic E-state index is 12.1. The number of hydrogen-bond acceptors (Lipinski definition) is 19. The molecule has 0 radical (unpaired) electrons. The molecular weight excluding hydrogens is 901 g/mol. The Hall–Kier alpha value is -3.85.